The number of carbonyl (C=O) groups is 1. The summed E-state index contributed by atoms with van der Waals surface area (Å²) in [5, 5.41) is 9.60. The van der Waals surface area contributed by atoms with Crippen molar-refractivity contribution >= 4 is 5.91 Å². The van der Waals surface area contributed by atoms with Gasteiger partial charge in [0.05, 0.1) is 0 Å². The Morgan fingerprint density at radius 1 is 1.24 bits per heavy atom. The number of fused-ring (bicyclic) bond motifs is 1. The number of hydrogen-bond acceptors (Lipinski definition) is 3. The second kappa shape index (κ2) is 6.06. The Hall–Kier alpha value is -1.55. The van der Waals surface area contributed by atoms with Crippen molar-refractivity contribution in [1.29, 1.82) is 0 Å². The Bertz CT molecular complexity index is 522. The number of amides is 1. The van der Waals surface area contributed by atoms with Gasteiger partial charge in [0.1, 0.15) is 5.75 Å². The van der Waals surface area contributed by atoms with Crippen molar-refractivity contribution in [3.8, 4) is 5.75 Å². The lowest BCUT2D eigenvalue weighted by Gasteiger charge is -2.34. The molecule has 4 nitrogen and oxygen atoms in total. The Morgan fingerprint density at radius 3 is 2.71 bits per heavy atom. The number of carbonyl (C=O) groups excluding carboxylic acids is 1. The number of aromatic hydroxyl groups is 1. The first kappa shape index (κ1) is 14.4. The van der Waals surface area contributed by atoms with Crippen LogP contribution in [0.5, 0.6) is 5.75 Å². The summed E-state index contributed by atoms with van der Waals surface area (Å²) in [6.07, 6.45) is 5.00. The van der Waals surface area contributed by atoms with Crippen LogP contribution in [-0.2, 0) is 17.8 Å². The molecule has 0 spiro atoms. The summed E-state index contributed by atoms with van der Waals surface area (Å²) in [5.41, 5.74) is 8.06. The van der Waals surface area contributed by atoms with Crippen molar-refractivity contribution in [2.24, 2.45) is 17.6 Å². The van der Waals surface area contributed by atoms with Gasteiger partial charge in [-0.1, -0.05) is 6.07 Å². The van der Waals surface area contributed by atoms with Crippen LogP contribution in [0, 0.1) is 11.8 Å². The third-order valence-corrected chi connectivity index (χ3v) is 5.04. The molecule has 3 rings (SSSR count). The zero-order valence-corrected chi connectivity index (χ0v) is 12.4. The Labute approximate surface area is 125 Å². The Kier molecular flexibility index (Phi) is 4.15. The molecule has 114 valence electrons. The molecule has 4 heteroatoms. The molecule has 0 aromatic heterocycles. The van der Waals surface area contributed by atoms with Gasteiger partial charge >= 0.3 is 0 Å². The Balaban J connectivity index is 1.64. The van der Waals surface area contributed by atoms with E-state index in [1.807, 2.05) is 11.0 Å². The first-order valence-electron chi connectivity index (χ1n) is 7.97. The van der Waals surface area contributed by atoms with E-state index in [0.717, 1.165) is 50.8 Å². The SMILES string of the molecule is NCC1CCC(C(=O)N2CCc3ccc(O)cc3C2)CC1. The van der Waals surface area contributed by atoms with Crippen molar-refractivity contribution in [2.45, 2.75) is 38.6 Å². The van der Waals surface area contributed by atoms with Crippen LogP contribution < -0.4 is 5.73 Å². The lowest BCUT2D eigenvalue weighted by Crippen LogP contribution is -2.41. The van der Waals surface area contributed by atoms with E-state index in [1.54, 1.807) is 12.1 Å². The van der Waals surface area contributed by atoms with E-state index in [0.29, 0.717) is 18.4 Å². The maximum Gasteiger partial charge on any atom is 0.225 e. The second-order valence-corrected chi connectivity index (χ2v) is 6.42. The third kappa shape index (κ3) is 3.05. The third-order valence-electron chi connectivity index (χ3n) is 5.04. The predicted octanol–water partition coefficient (Wildman–Crippen LogP) is 2.04. The number of rotatable bonds is 2. The van der Waals surface area contributed by atoms with Gasteiger partial charge in [0, 0.05) is 19.0 Å². The average molecular weight is 288 g/mol. The highest BCUT2D eigenvalue weighted by molar-refractivity contribution is 5.79. The molecule has 1 saturated carbocycles. The highest BCUT2D eigenvalue weighted by atomic mass is 16.3. The van der Waals surface area contributed by atoms with Crippen LogP contribution in [0.15, 0.2) is 18.2 Å². The number of phenols is 1. The molecule has 0 atom stereocenters. The monoisotopic (exact) mass is 288 g/mol. The van der Waals surface area contributed by atoms with Gasteiger partial charge in [0.25, 0.3) is 0 Å². The first-order valence-corrected chi connectivity index (χ1v) is 7.97. The molecule has 1 amide bonds. The summed E-state index contributed by atoms with van der Waals surface area (Å²) in [6, 6.07) is 5.49. The molecular formula is C17H24N2O2. The number of nitrogens with two attached hydrogens (primary N) is 1. The molecule has 3 N–H and O–H groups in total. The number of benzene rings is 1. The van der Waals surface area contributed by atoms with Gasteiger partial charge in [0.15, 0.2) is 0 Å². The summed E-state index contributed by atoms with van der Waals surface area (Å²) < 4.78 is 0. The van der Waals surface area contributed by atoms with Crippen LogP contribution in [0.25, 0.3) is 0 Å². The van der Waals surface area contributed by atoms with Crippen molar-refractivity contribution < 1.29 is 9.90 Å². The predicted molar refractivity (Wildman–Crippen MR) is 81.7 cm³/mol. The highest BCUT2D eigenvalue weighted by Crippen LogP contribution is 2.31. The zero-order chi connectivity index (χ0) is 14.8. The van der Waals surface area contributed by atoms with Crippen molar-refractivity contribution in [3.63, 3.8) is 0 Å². The van der Waals surface area contributed by atoms with E-state index in [4.69, 9.17) is 5.73 Å². The quantitative estimate of drug-likeness (QED) is 0.875. The summed E-state index contributed by atoms with van der Waals surface area (Å²) in [4.78, 5) is 14.6. The first-order chi connectivity index (χ1) is 10.2. The van der Waals surface area contributed by atoms with Crippen molar-refractivity contribution in [1.82, 2.24) is 4.90 Å². The van der Waals surface area contributed by atoms with Crippen LogP contribution in [-0.4, -0.2) is 29.0 Å². The van der Waals surface area contributed by atoms with Crippen molar-refractivity contribution in [3.05, 3.63) is 29.3 Å². The molecule has 1 aromatic rings. The highest BCUT2D eigenvalue weighted by Gasteiger charge is 2.30. The molecule has 0 radical (unpaired) electrons. The van der Waals surface area contributed by atoms with E-state index < -0.39 is 0 Å². The fourth-order valence-corrected chi connectivity index (χ4v) is 3.63. The standard InChI is InChI=1S/C17H24N2O2/c18-10-12-1-3-14(4-2-12)17(21)19-8-7-13-5-6-16(20)9-15(13)11-19/h5-6,9,12,14,20H,1-4,7-8,10-11,18H2. The van der Waals surface area contributed by atoms with E-state index in [1.165, 1.54) is 5.56 Å². The minimum absolute atomic E-state index is 0.173. The average Bonchev–Trinajstić information content (AvgIpc) is 2.53. The van der Waals surface area contributed by atoms with E-state index in [9.17, 15) is 9.90 Å². The van der Waals surface area contributed by atoms with Gasteiger partial charge in [-0.25, -0.2) is 0 Å². The maximum absolute atomic E-state index is 12.7. The van der Waals surface area contributed by atoms with E-state index in [2.05, 4.69) is 0 Å². The minimum Gasteiger partial charge on any atom is -0.508 e. The van der Waals surface area contributed by atoms with Gasteiger partial charge in [-0.2, -0.15) is 0 Å². The molecule has 0 saturated heterocycles. The van der Waals surface area contributed by atoms with Crippen LogP contribution in [0.2, 0.25) is 0 Å². The van der Waals surface area contributed by atoms with Crippen LogP contribution >= 0.6 is 0 Å². The van der Waals surface area contributed by atoms with Crippen LogP contribution in [0.4, 0.5) is 0 Å². The normalized spacial score (nSPS) is 25.5. The van der Waals surface area contributed by atoms with Crippen LogP contribution in [0.3, 0.4) is 0 Å². The fourth-order valence-electron chi connectivity index (χ4n) is 3.63. The zero-order valence-electron chi connectivity index (χ0n) is 12.4. The molecule has 1 heterocycles. The minimum atomic E-state index is 0.173. The molecule has 1 fully saturated rings. The molecule has 0 unspecified atom stereocenters. The largest absolute Gasteiger partial charge is 0.508 e. The molecule has 0 bridgehead atoms. The van der Waals surface area contributed by atoms with Gasteiger partial charge in [-0.15, -0.1) is 0 Å². The molecular weight excluding hydrogens is 264 g/mol. The Morgan fingerprint density at radius 2 is 2.00 bits per heavy atom. The molecule has 2 aliphatic rings. The summed E-state index contributed by atoms with van der Waals surface area (Å²) in [6.45, 7) is 2.18. The van der Waals surface area contributed by atoms with Gasteiger partial charge in [-0.3, -0.25) is 4.79 Å². The second-order valence-electron chi connectivity index (χ2n) is 6.42. The topological polar surface area (TPSA) is 66.6 Å². The summed E-state index contributed by atoms with van der Waals surface area (Å²) in [5.74, 6) is 1.35. The molecule has 21 heavy (non-hydrogen) atoms. The summed E-state index contributed by atoms with van der Waals surface area (Å²) >= 11 is 0. The molecule has 1 aliphatic carbocycles. The fraction of sp³-hybridized carbons (Fsp3) is 0.588. The van der Waals surface area contributed by atoms with Gasteiger partial charge in [0.2, 0.25) is 5.91 Å². The van der Waals surface area contributed by atoms with E-state index in [-0.39, 0.29) is 11.7 Å². The smallest absolute Gasteiger partial charge is 0.225 e. The van der Waals surface area contributed by atoms with Crippen molar-refractivity contribution in [2.75, 3.05) is 13.1 Å². The number of hydrogen-bond donors (Lipinski definition) is 2. The maximum atomic E-state index is 12.7. The van der Waals surface area contributed by atoms with E-state index >= 15 is 0 Å². The lowest BCUT2D eigenvalue weighted by molar-refractivity contribution is -0.137. The number of phenolic OH excluding ortho intramolecular Hbond substituents is 1. The lowest BCUT2D eigenvalue weighted by atomic mass is 9.81. The molecule has 1 aromatic carbocycles. The van der Waals surface area contributed by atoms with Gasteiger partial charge in [-0.05, 0) is 67.8 Å². The van der Waals surface area contributed by atoms with Gasteiger partial charge < -0.3 is 15.7 Å². The van der Waals surface area contributed by atoms with Crippen LogP contribution in [0.1, 0.15) is 36.8 Å². The number of nitrogens with zero attached hydrogens (tertiary/aromatic N) is 1. The molecule has 1 aliphatic heterocycles. The summed E-state index contributed by atoms with van der Waals surface area (Å²) in [7, 11) is 0.